The van der Waals surface area contributed by atoms with Gasteiger partial charge in [0.05, 0.1) is 17.1 Å². The minimum absolute atomic E-state index is 0.243. The molecule has 4 heterocycles. The Hall–Kier alpha value is -3.68. The van der Waals surface area contributed by atoms with Crippen molar-refractivity contribution in [3.8, 4) is 0 Å². The molecule has 0 radical (unpaired) electrons. The lowest BCUT2D eigenvalue weighted by atomic mass is 10.2. The second-order valence-electron chi connectivity index (χ2n) is 7.19. The van der Waals surface area contributed by atoms with Crippen molar-refractivity contribution in [3.05, 3.63) is 70.3 Å². The molecule has 3 aromatic heterocycles. The van der Waals surface area contributed by atoms with Gasteiger partial charge in [0.25, 0.3) is 11.5 Å². The Labute approximate surface area is 166 Å². The van der Waals surface area contributed by atoms with Gasteiger partial charge in [-0.25, -0.2) is 9.50 Å². The van der Waals surface area contributed by atoms with Crippen LogP contribution in [0.25, 0.3) is 16.6 Å². The first-order chi connectivity index (χ1) is 14.2. The minimum atomic E-state index is -0.287. The van der Waals surface area contributed by atoms with Crippen LogP contribution in [0.2, 0.25) is 0 Å². The summed E-state index contributed by atoms with van der Waals surface area (Å²) in [5.41, 5.74) is 2.12. The van der Waals surface area contributed by atoms with Crippen LogP contribution >= 0.6 is 0 Å². The number of H-pyrrole nitrogens is 1. The number of benzene rings is 1. The standard InChI is InChI=1S/C21H20N6O2/c28-20(23-12-14-7-8-22-18(11-14)26-9-3-4-10-26)16-13-24-27-17-6-2-1-5-15(17)21(29)25-19(16)27/h1-2,5-8,11,13H,3-4,9-10,12H2,(H,23,28)(H,25,29). The summed E-state index contributed by atoms with van der Waals surface area (Å²) in [7, 11) is 0. The summed E-state index contributed by atoms with van der Waals surface area (Å²) in [6, 6.07) is 11.1. The van der Waals surface area contributed by atoms with E-state index in [1.54, 1.807) is 22.8 Å². The molecule has 146 valence electrons. The summed E-state index contributed by atoms with van der Waals surface area (Å²) < 4.78 is 1.59. The number of carbonyl (C=O) groups is 1. The summed E-state index contributed by atoms with van der Waals surface area (Å²) in [5.74, 6) is 0.659. The van der Waals surface area contributed by atoms with Gasteiger partial charge in [0.2, 0.25) is 0 Å². The largest absolute Gasteiger partial charge is 0.357 e. The number of hydrogen-bond acceptors (Lipinski definition) is 5. The Morgan fingerprint density at radius 2 is 2.00 bits per heavy atom. The Bertz CT molecular complexity index is 1270. The number of rotatable bonds is 4. The summed E-state index contributed by atoms with van der Waals surface area (Å²) in [6.07, 6.45) is 5.62. The van der Waals surface area contributed by atoms with Crippen molar-refractivity contribution in [1.29, 1.82) is 0 Å². The smallest absolute Gasteiger partial charge is 0.259 e. The third-order valence-electron chi connectivity index (χ3n) is 5.32. The van der Waals surface area contributed by atoms with Crippen LogP contribution in [0.3, 0.4) is 0 Å². The van der Waals surface area contributed by atoms with Gasteiger partial charge in [0.1, 0.15) is 17.0 Å². The van der Waals surface area contributed by atoms with Crippen LogP contribution < -0.4 is 15.8 Å². The Kier molecular flexibility index (Phi) is 4.23. The van der Waals surface area contributed by atoms with E-state index in [2.05, 4.69) is 25.3 Å². The zero-order valence-corrected chi connectivity index (χ0v) is 15.8. The molecule has 1 fully saturated rings. The highest BCUT2D eigenvalue weighted by Gasteiger charge is 2.17. The number of anilines is 1. The molecule has 4 aromatic rings. The van der Waals surface area contributed by atoms with Crippen LogP contribution in [0.4, 0.5) is 5.82 Å². The van der Waals surface area contributed by atoms with Crippen molar-refractivity contribution in [2.45, 2.75) is 19.4 Å². The molecule has 1 saturated heterocycles. The van der Waals surface area contributed by atoms with Gasteiger partial charge in [-0.05, 0) is 42.7 Å². The molecule has 29 heavy (non-hydrogen) atoms. The maximum atomic E-state index is 12.8. The van der Waals surface area contributed by atoms with Crippen molar-refractivity contribution >= 4 is 28.3 Å². The van der Waals surface area contributed by atoms with E-state index in [1.807, 2.05) is 24.3 Å². The minimum Gasteiger partial charge on any atom is -0.357 e. The fourth-order valence-electron chi connectivity index (χ4n) is 3.81. The number of aromatic amines is 1. The van der Waals surface area contributed by atoms with E-state index in [4.69, 9.17) is 0 Å². The zero-order chi connectivity index (χ0) is 19.8. The first-order valence-electron chi connectivity index (χ1n) is 9.67. The average molecular weight is 388 g/mol. The number of carbonyl (C=O) groups excluding carboxylic acids is 1. The number of para-hydroxylation sites is 1. The molecular weight excluding hydrogens is 368 g/mol. The molecule has 0 unspecified atom stereocenters. The third kappa shape index (κ3) is 3.12. The monoisotopic (exact) mass is 388 g/mol. The van der Waals surface area contributed by atoms with Crippen LogP contribution in [-0.4, -0.2) is 38.6 Å². The van der Waals surface area contributed by atoms with Crippen LogP contribution in [-0.2, 0) is 6.54 Å². The molecule has 2 N–H and O–H groups in total. The molecule has 0 saturated carbocycles. The Balaban J connectivity index is 1.40. The van der Waals surface area contributed by atoms with E-state index < -0.39 is 0 Å². The van der Waals surface area contributed by atoms with Gasteiger partial charge in [-0.1, -0.05) is 12.1 Å². The number of nitrogens with zero attached hydrogens (tertiary/aromatic N) is 4. The fourth-order valence-corrected chi connectivity index (χ4v) is 3.81. The zero-order valence-electron chi connectivity index (χ0n) is 15.8. The van der Waals surface area contributed by atoms with E-state index in [0.29, 0.717) is 28.7 Å². The SMILES string of the molecule is O=C(NCc1ccnc(N2CCCC2)c1)c1cnn2c1[nH]c(=O)c1ccccc12. The molecule has 1 aliphatic rings. The van der Waals surface area contributed by atoms with E-state index in [0.717, 1.165) is 24.5 Å². The number of fused-ring (bicyclic) bond motifs is 3. The second-order valence-corrected chi connectivity index (χ2v) is 7.19. The number of aromatic nitrogens is 4. The van der Waals surface area contributed by atoms with E-state index in [-0.39, 0.29) is 11.5 Å². The van der Waals surface area contributed by atoms with Crippen molar-refractivity contribution in [1.82, 2.24) is 24.9 Å². The van der Waals surface area contributed by atoms with Gasteiger partial charge in [-0.2, -0.15) is 5.10 Å². The molecule has 1 amide bonds. The quantitative estimate of drug-likeness (QED) is 0.558. The molecule has 1 aromatic carbocycles. The normalized spacial score (nSPS) is 14.0. The molecule has 8 nitrogen and oxygen atoms in total. The van der Waals surface area contributed by atoms with Gasteiger partial charge in [-0.15, -0.1) is 0 Å². The number of pyridine rings is 1. The molecule has 8 heteroatoms. The molecular formula is C21H20N6O2. The predicted molar refractivity (Wildman–Crippen MR) is 110 cm³/mol. The summed E-state index contributed by atoms with van der Waals surface area (Å²) >= 11 is 0. The van der Waals surface area contributed by atoms with Crippen molar-refractivity contribution in [2.24, 2.45) is 0 Å². The third-order valence-corrected chi connectivity index (χ3v) is 5.32. The number of nitrogens with one attached hydrogen (secondary N) is 2. The summed E-state index contributed by atoms with van der Waals surface area (Å²) in [6.45, 7) is 2.41. The van der Waals surface area contributed by atoms with Crippen molar-refractivity contribution < 1.29 is 4.79 Å². The first kappa shape index (κ1) is 17.4. The van der Waals surface area contributed by atoms with Crippen LogP contribution in [0.5, 0.6) is 0 Å². The first-order valence-corrected chi connectivity index (χ1v) is 9.67. The lowest BCUT2D eigenvalue weighted by molar-refractivity contribution is 0.0952. The van der Waals surface area contributed by atoms with Crippen molar-refractivity contribution in [2.75, 3.05) is 18.0 Å². The lowest BCUT2D eigenvalue weighted by Gasteiger charge is -2.16. The molecule has 1 aliphatic heterocycles. The molecule has 5 rings (SSSR count). The molecule has 0 aliphatic carbocycles. The Morgan fingerprint density at radius 3 is 2.86 bits per heavy atom. The van der Waals surface area contributed by atoms with Gasteiger partial charge in [0, 0.05) is 25.8 Å². The topological polar surface area (TPSA) is 95.4 Å². The highest BCUT2D eigenvalue weighted by atomic mass is 16.2. The van der Waals surface area contributed by atoms with Gasteiger partial charge in [0.15, 0.2) is 0 Å². The van der Waals surface area contributed by atoms with Crippen molar-refractivity contribution in [3.63, 3.8) is 0 Å². The second kappa shape index (κ2) is 7.05. The highest BCUT2D eigenvalue weighted by Crippen LogP contribution is 2.19. The van der Waals surface area contributed by atoms with Gasteiger partial charge >= 0.3 is 0 Å². The highest BCUT2D eigenvalue weighted by molar-refractivity contribution is 6.00. The van der Waals surface area contributed by atoms with Gasteiger partial charge < -0.3 is 15.2 Å². The van der Waals surface area contributed by atoms with E-state index >= 15 is 0 Å². The van der Waals surface area contributed by atoms with Crippen LogP contribution in [0, 0.1) is 0 Å². The average Bonchev–Trinajstić information content (AvgIpc) is 3.43. The Morgan fingerprint density at radius 1 is 1.17 bits per heavy atom. The lowest BCUT2D eigenvalue weighted by Crippen LogP contribution is -2.24. The van der Waals surface area contributed by atoms with Gasteiger partial charge in [-0.3, -0.25) is 9.59 Å². The number of hydrogen-bond donors (Lipinski definition) is 2. The van der Waals surface area contributed by atoms with Crippen LogP contribution in [0.1, 0.15) is 28.8 Å². The molecule has 0 bridgehead atoms. The van der Waals surface area contributed by atoms with E-state index in [1.165, 1.54) is 19.0 Å². The summed E-state index contributed by atoms with van der Waals surface area (Å²) in [4.78, 5) is 34.6. The van der Waals surface area contributed by atoms with E-state index in [9.17, 15) is 9.59 Å². The number of amides is 1. The summed E-state index contributed by atoms with van der Waals surface area (Å²) in [5, 5.41) is 7.75. The maximum absolute atomic E-state index is 12.8. The molecule has 0 atom stereocenters. The molecule has 0 spiro atoms. The van der Waals surface area contributed by atoms with Crippen LogP contribution in [0.15, 0.2) is 53.6 Å². The maximum Gasteiger partial charge on any atom is 0.259 e. The predicted octanol–water partition coefficient (Wildman–Crippen LogP) is 2.10. The fraction of sp³-hybridized carbons (Fsp3) is 0.238.